The molecule has 8 heteroatoms. The third-order valence-electron chi connectivity index (χ3n) is 5.15. The number of carbonyl (C=O) groups excluding carboxylic acids is 2. The first-order valence-electron chi connectivity index (χ1n) is 10.4. The Labute approximate surface area is 190 Å². The van der Waals surface area contributed by atoms with Crippen LogP contribution in [0.5, 0.6) is 17.2 Å². The van der Waals surface area contributed by atoms with Crippen LogP contribution in [0.4, 0.5) is 0 Å². The molecule has 2 N–H and O–H groups in total. The van der Waals surface area contributed by atoms with Crippen LogP contribution in [0.25, 0.3) is 0 Å². The van der Waals surface area contributed by atoms with Crippen LogP contribution in [-0.4, -0.2) is 46.7 Å². The van der Waals surface area contributed by atoms with Gasteiger partial charge in [0.25, 0.3) is 0 Å². The Morgan fingerprint density at radius 1 is 1.06 bits per heavy atom. The Kier molecular flexibility index (Phi) is 7.80. The van der Waals surface area contributed by atoms with E-state index in [9.17, 15) is 19.5 Å². The summed E-state index contributed by atoms with van der Waals surface area (Å²) in [6.07, 6.45) is 1.19. The summed E-state index contributed by atoms with van der Waals surface area (Å²) in [6.45, 7) is 3.42. The second-order valence-corrected chi connectivity index (χ2v) is 8.68. The summed E-state index contributed by atoms with van der Waals surface area (Å²) >= 11 is 1.57. The molecule has 0 unspecified atom stereocenters. The summed E-state index contributed by atoms with van der Waals surface area (Å²) in [5.74, 6) is 0.191. The van der Waals surface area contributed by atoms with Crippen LogP contribution in [0, 0.1) is 0 Å². The highest BCUT2D eigenvalue weighted by Crippen LogP contribution is 2.41. The van der Waals surface area contributed by atoms with Gasteiger partial charge in [-0.15, -0.1) is 11.8 Å². The number of benzene rings is 2. The lowest BCUT2D eigenvalue weighted by Gasteiger charge is -2.22. The first-order valence-corrected chi connectivity index (χ1v) is 11.4. The summed E-state index contributed by atoms with van der Waals surface area (Å²) < 4.78 is 11.9. The summed E-state index contributed by atoms with van der Waals surface area (Å²) in [5.41, 5.74) is 1.75. The lowest BCUT2D eigenvalue weighted by molar-refractivity contribution is -0.137. The van der Waals surface area contributed by atoms with E-state index in [0.29, 0.717) is 34.8 Å². The Balaban J connectivity index is 2.12. The average Bonchev–Trinajstić information content (AvgIpc) is 2.73. The maximum absolute atomic E-state index is 12.3. The number of phenolic OH excluding ortho intramolecular Hbond substituents is 1. The summed E-state index contributed by atoms with van der Waals surface area (Å²) in [6, 6.07) is 6.82. The van der Waals surface area contributed by atoms with Gasteiger partial charge in [0.05, 0.1) is 24.3 Å². The Bertz CT molecular complexity index is 1050. The minimum Gasteiger partial charge on any atom is -0.507 e. The van der Waals surface area contributed by atoms with Crippen molar-refractivity contribution in [1.82, 2.24) is 0 Å². The van der Waals surface area contributed by atoms with Crippen molar-refractivity contribution in [3.05, 3.63) is 46.5 Å². The van der Waals surface area contributed by atoms with Crippen molar-refractivity contribution >= 4 is 29.3 Å². The first kappa shape index (κ1) is 23.7. The van der Waals surface area contributed by atoms with Gasteiger partial charge in [0.1, 0.15) is 17.2 Å². The summed E-state index contributed by atoms with van der Waals surface area (Å²) in [7, 11) is 0. The van der Waals surface area contributed by atoms with Gasteiger partial charge in [-0.05, 0) is 51.0 Å². The van der Waals surface area contributed by atoms with E-state index in [2.05, 4.69) is 0 Å². The van der Waals surface area contributed by atoms with E-state index in [1.807, 2.05) is 6.07 Å². The fourth-order valence-electron chi connectivity index (χ4n) is 3.56. The van der Waals surface area contributed by atoms with Crippen molar-refractivity contribution in [1.29, 1.82) is 0 Å². The molecule has 0 saturated carbocycles. The van der Waals surface area contributed by atoms with Crippen molar-refractivity contribution in [3.8, 4) is 17.2 Å². The van der Waals surface area contributed by atoms with E-state index < -0.39 is 5.97 Å². The molecule has 0 amide bonds. The highest BCUT2D eigenvalue weighted by Gasteiger charge is 2.24. The van der Waals surface area contributed by atoms with Gasteiger partial charge in [0, 0.05) is 34.6 Å². The molecule has 1 heterocycles. The number of carboxylic acids is 1. The van der Waals surface area contributed by atoms with E-state index in [4.69, 9.17) is 14.6 Å². The molecule has 170 valence electrons. The monoisotopic (exact) mass is 458 g/mol. The number of phenols is 1. The zero-order valence-corrected chi connectivity index (χ0v) is 18.9. The normalized spacial score (nSPS) is 13.3. The number of hydrogen-bond acceptors (Lipinski definition) is 7. The summed E-state index contributed by atoms with van der Waals surface area (Å²) in [5, 5.41) is 19.8. The van der Waals surface area contributed by atoms with Gasteiger partial charge in [0.2, 0.25) is 0 Å². The van der Waals surface area contributed by atoms with Crippen LogP contribution in [0.15, 0.2) is 29.2 Å². The third kappa shape index (κ3) is 5.43. The molecule has 0 spiro atoms. The van der Waals surface area contributed by atoms with Gasteiger partial charge in [0.15, 0.2) is 11.6 Å². The molecule has 0 aromatic heterocycles. The molecule has 7 nitrogen and oxygen atoms in total. The second kappa shape index (κ2) is 10.5. The number of Topliss-reactive ketones (excluding diaryl/α,β-unsaturated/α-hetero) is 2. The molecular formula is C24H26O7S. The van der Waals surface area contributed by atoms with Crippen molar-refractivity contribution in [2.75, 3.05) is 19.0 Å². The molecular weight excluding hydrogens is 432 g/mol. The van der Waals surface area contributed by atoms with Crippen LogP contribution >= 0.6 is 11.8 Å². The molecule has 3 rings (SSSR count). The van der Waals surface area contributed by atoms with Gasteiger partial charge >= 0.3 is 5.97 Å². The highest BCUT2D eigenvalue weighted by molar-refractivity contribution is 7.99. The lowest BCUT2D eigenvalue weighted by Crippen LogP contribution is -2.12. The number of fused-ring (bicyclic) bond motifs is 2. The molecule has 2 aromatic carbocycles. The van der Waals surface area contributed by atoms with Crippen LogP contribution in [0.2, 0.25) is 0 Å². The van der Waals surface area contributed by atoms with Crippen LogP contribution in [0.3, 0.4) is 0 Å². The predicted molar refractivity (Wildman–Crippen MR) is 121 cm³/mol. The first-order chi connectivity index (χ1) is 15.3. The van der Waals surface area contributed by atoms with E-state index in [0.717, 1.165) is 17.1 Å². The fourth-order valence-corrected chi connectivity index (χ4v) is 4.55. The second-order valence-electron chi connectivity index (χ2n) is 7.54. The van der Waals surface area contributed by atoms with Gasteiger partial charge in [-0.3, -0.25) is 14.4 Å². The third-order valence-corrected chi connectivity index (χ3v) is 6.34. The van der Waals surface area contributed by atoms with Crippen molar-refractivity contribution in [2.24, 2.45) is 0 Å². The van der Waals surface area contributed by atoms with Crippen LogP contribution in [0.1, 0.15) is 65.0 Å². The lowest BCUT2D eigenvalue weighted by atomic mass is 9.96. The van der Waals surface area contributed by atoms with Gasteiger partial charge in [-0.2, -0.15) is 0 Å². The number of hydrogen-bond donors (Lipinski definition) is 2. The van der Waals surface area contributed by atoms with Gasteiger partial charge in [-0.1, -0.05) is 0 Å². The number of carbonyl (C=O) groups is 3. The Morgan fingerprint density at radius 3 is 2.47 bits per heavy atom. The molecule has 1 aliphatic rings. The largest absolute Gasteiger partial charge is 0.507 e. The van der Waals surface area contributed by atoms with E-state index in [1.54, 1.807) is 30.0 Å². The minimum absolute atomic E-state index is 0.0524. The van der Waals surface area contributed by atoms with Crippen molar-refractivity contribution < 1.29 is 34.1 Å². The van der Waals surface area contributed by atoms with Gasteiger partial charge in [-0.25, -0.2) is 0 Å². The van der Waals surface area contributed by atoms with E-state index in [-0.39, 0.29) is 48.7 Å². The SMILES string of the molecule is CC(=O)c1ccc2c(c1O)Cc1c(ccc(C(C)=O)c1OCCCC(=O)O)OCCCS2. The predicted octanol–water partition coefficient (Wildman–Crippen LogP) is 4.51. The number of aliphatic carboxylic acids is 1. The number of thioether (sulfide) groups is 1. The minimum atomic E-state index is -0.924. The smallest absolute Gasteiger partial charge is 0.303 e. The van der Waals surface area contributed by atoms with Gasteiger partial charge < -0.3 is 19.7 Å². The van der Waals surface area contributed by atoms with E-state index in [1.165, 1.54) is 13.8 Å². The molecule has 0 saturated heterocycles. The number of rotatable bonds is 7. The maximum atomic E-state index is 12.3. The summed E-state index contributed by atoms with van der Waals surface area (Å²) in [4.78, 5) is 36.0. The number of ether oxygens (including phenoxy) is 2. The number of ketones is 2. The molecule has 0 bridgehead atoms. The molecule has 0 aliphatic carbocycles. The van der Waals surface area contributed by atoms with Crippen LogP contribution in [-0.2, 0) is 11.2 Å². The zero-order valence-electron chi connectivity index (χ0n) is 18.1. The van der Waals surface area contributed by atoms with Crippen molar-refractivity contribution in [2.45, 2.75) is 44.4 Å². The Morgan fingerprint density at radius 2 is 1.78 bits per heavy atom. The van der Waals surface area contributed by atoms with E-state index >= 15 is 0 Å². The number of aromatic hydroxyl groups is 1. The highest BCUT2D eigenvalue weighted by atomic mass is 32.2. The molecule has 1 aliphatic heterocycles. The average molecular weight is 459 g/mol. The molecule has 0 fully saturated rings. The Hall–Kier alpha value is -3.00. The molecule has 32 heavy (non-hydrogen) atoms. The fraction of sp³-hybridized carbons (Fsp3) is 0.375. The van der Waals surface area contributed by atoms with Crippen LogP contribution < -0.4 is 9.47 Å². The molecule has 2 aromatic rings. The quantitative estimate of drug-likeness (QED) is 0.461. The maximum Gasteiger partial charge on any atom is 0.303 e. The topological polar surface area (TPSA) is 110 Å². The number of carboxylic acid groups (broad SMARTS) is 1. The van der Waals surface area contributed by atoms with Crippen molar-refractivity contribution in [3.63, 3.8) is 0 Å². The molecule has 0 radical (unpaired) electrons. The zero-order chi connectivity index (χ0) is 23.3. The standard InChI is InChI=1S/C24H26O7S/c1-14(25)16-7-9-21-19(23(16)29)13-18-20(30-11-4-12-32-21)8-6-17(15(2)26)24(18)31-10-3-5-22(27)28/h6-9,29H,3-5,10-13H2,1-2H3,(H,27,28). The molecule has 0 atom stereocenters.